The minimum atomic E-state index is -0.137. The van der Waals surface area contributed by atoms with E-state index in [1.165, 1.54) is 18.4 Å². The molecule has 25 heavy (non-hydrogen) atoms. The Balaban J connectivity index is 1.45. The summed E-state index contributed by atoms with van der Waals surface area (Å²) >= 11 is 0. The van der Waals surface area contributed by atoms with E-state index in [2.05, 4.69) is 27.7 Å². The highest BCUT2D eigenvalue weighted by atomic mass is 16.3. The number of likely N-dealkylation sites (tertiary alicyclic amines) is 1. The summed E-state index contributed by atoms with van der Waals surface area (Å²) in [4.78, 5) is 14.6. The number of rotatable bonds is 6. The predicted molar refractivity (Wildman–Crippen MR) is 100 cm³/mol. The molecule has 3 N–H and O–H groups in total. The number of aliphatic hydroxyl groups excluding tert-OH is 1. The molecular formula is C20H31N3O2. The zero-order valence-electron chi connectivity index (χ0n) is 15.0. The maximum Gasteiger partial charge on any atom is 0.224 e. The molecule has 2 fully saturated rings. The van der Waals surface area contributed by atoms with E-state index in [9.17, 15) is 9.90 Å². The standard InChI is InChI=1S/C20H31N3O2/c24-19-8-12-23(13-9-19)15-17-2-1-3-18(14-17)22-20(25)5-4-16-6-10-21-11-7-16/h1-3,14,16,19,21,24H,4-13,15H2,(H,22,25). The molecule has 5 nitrogen and oxygen atoms in total. The van der Waals surface area contributed by atoms with E-state index in [0.29, 0.717) is 12.3 Å². The van der Waals surface area contributed by atoms with Crippen LogP contribution in [0.1, 0.15) is 44.1 Å². The van der Waals surface area contributed by atoms with E-state index in [1.807, 2.05) is 12.1 Å². The van der Waals surface area contributed by atoms with Gasteiger partial charge in [-0.25, -0.2) is 0 Å². The minimum Gasteiger partial charge on any atom is -0.393 e. The molecule has 0 bridgehead atoms. The highest BCUT2D eigenvalue weighted by molar-refractivity contribution is 5.90. The van der Waals surface area contributed by atoms with Gasteiger partial charge in [0.1, 0.15) is 0 Å². The molecule has 0 spiro atoms. The third kappa shape index (κ3) is 6.10. The average molecular weight is 345 g/mol. The molecule has 2 aliphatic heterocycles. The SMILES string of the molecule is O=C(CCC1CCNCC1)Nc1cccc(CN2CCC(O)CC2)c1. The second-order valence-corrected chi connectivity index (χ2v) is 7.49. The van der Waals surface area contributed by atoms with Crippen LogP contribution in [-0.4, -0.2) is 48.2 Å². The molecule has 3 rings (SSSR count). The highest BCUT2D eigenvalue weighted by Crippen LogP contribution is 2.19. The lowest BCUT2D eigenvalue weighted by atomic mass is 9.93. The Kier molecular flexibility index (Phi) is 6.84. The molecular weight excluding hydrogens is 314 g/mol. The summed E-state index contributed by atoms with van der Waals surface area (Å²) in [6.07, 6.45) is 5.55. The monoisotopic (exact) mass is 345 g/mol. The third-order valence-corrected chi connectivity index (χ3v) is 5.41. The fourth-order valence-electron chi connectivity index (χ4n) is 3.81. The van der Waals surface area contributed by atoms with Gasteiger partial charge in [-0.05, 0) is 68.8 Å². The van der Waals surface area contributed by atoms with Crippen molar-refractivity contribution in [3.63, 3.8) is 0 Å². The summed E-state index contributed by atoms with van der Waals surface area (Å²) in [5.74, 6) is 0.810. The number of anilines is 1. The lowest BCUT2D eigenvalue weighted by molar-refractivity contribution is -0.116. The lowest BCUT2D eigenvalue weighted by Gasteiger charge is -2.29. The van der Waals surface area contributed by atoms with Crippen molar-refractivity contribution >= 4 is 11.6 Å². The number of aliphatic hydroxyl groups is 1. The fourth-order valence-corrected chi connectivity index (χ4v) is 3.81. The van der Waals surface area contributed by atoms with Gasteiger partial charge >= 0.3 is 0 Å². The molecule has 0 radical (unpaired) electrons. The number of nitrogens with zero attached hydrogens (tertiary/aromatic N) is 1. The first kappa shape index (κ1) is 18.4. The molecule has 5 heteroatoms. The van der Waals surface area contributed by atoms with E-state index in [-0.39, 0.29) is 12.0 Å². The quantitative estimate of drug-likeness (QED) is 0.741. The van der Waals surface area contributed by atoms with Crippen LogP contribution >= 0.6 is 0 Å². The number of carbonyl (C=O) groups is 1. The van der Waals surface area contributed by atoms with Crippen molar-refractivity contribution < 1.29 is 9.90 Å². The van der Waals surface area contributed by atoms with Crippen molar-refractivity contribution in [2.75, 3.05) is 31.5 Å². The van der Waals surface area contributed by atoms with Crippen LogP contribution in [0.3, 0.4) is 0 Å². The maximum atomic E-state index is 12.2. The summed E-state index contributed by atoms with van der Waals surface area (Å²) in [5.41, 5.74) is 2.11. The lowest BCUT2D eigenvalue weighted by Crippen LogP contribution is -2.35. The normalized spacial score (nSPS) is 20.5. The number of hydrogen-bond donors (Lipinski definition) is 3. The van der Waals surface area contributed by atoms with Crippen LogP contribution in [0.5, 0.6) is 0 Å². The van der Waals surface area contributed by atoms with E-state index in [1.54, 1.807) is 0 Å². The van der Waals surface area contributed by atoms with Gasteiger partial charge in [-0.2, -0.15) is 0 Å². The second-order valence-electron chi connectivity index (χ2n) is 7.49. The molecule has 2 heterocycles. The van der Waals surface area contributed by atoms with Gasteiger partial charge in [-0.1, -0.05) is 12.1 Å². The van der Waals surface area contributed by atoms with E-state index in [4.69, 9.17) is 0 Å². The summed E-state index contributed by atoms with van der Waals surface area (Å²) in [7, 11) is 0. The minimum absolute atomic E-state index is 0.122. The smallest absolute Gasteiger partial charge is 0.224 e. The van der Waals surface area contributed by atoms with Gasteiger partial charge in [0.2, 0.25) is 5.91 Å². The van der Waals surface area contributed by atoms with Gasteiger partial charge in [0, 0.05) is 31.7 Å². The van der Waals surface area contributed by atoms with Gasteiger partial charge < -0.3 is 15.7 Å². The Labute approximate surface area is 150 Å². The summed E-state index contributed by atoms with van der Waals surface area (Å²) in [6.45, 7) is 4.93. The van der Waals surface area contributed by atoms with E-state index < -0.39 is 0 Å². The first-order valence-corrected chi connectivity index (χ1v) is 9.69. The van der Waals surface area contributed by atoms with Crippen LogP contribution in [0.25, 0.3) is 0 Å². The largest absolute Gasteiger partial charge is 0.393 e. The van der Waals surface area contributed by atoms with Crippen LogP contribution in [-0.2, 0) is 11.3 Å². The molecule has 1 amide bonds. The Morgan fingerprint density at radius 1 is 1.20 bits per heavy atom. The van der Waals surface area contributed by atoms with Crippen LogP contribution < -0.4 is 10.6 Å². The number of benzene rings is 1. The van der Waals surface area contributed by atoms with Gasteiger partial charge in [0.15, 0.2) is 0 Å². The molecule has 2 aliphatic rings. The predicted octanol–water partition coefficient (Wildman–Crippen LogP) is 2.36. The van der Waals surface area contributed by atoms with Crippen molar-refractivity contribution in [1.82, 2.24) is 10.2 Å². The number of carbonyl (C=O) groups excluding carboxylic acids is 1. The van der Waals surface area contributed by atoms with Gasteiger partial charge in [-0.3, -0.25) is 9.69 Å². The molecule has 0 aromatic heterocycles. The Hall–Kier alpha value is -1.43. The van der Waals surface area contributed by atoms with Crippen molar-refractivity contribution in [2.45, 2.75) is 51.2 Å². The Morgan fingerprint density at radius 2 is 1.96 bits per heavy atom. The van der Waals surface area contributed by atoms with Crippen molar-refractivity contribution in [2.24, 2.45) is 5.92 Å². The summed E-state index contributed by atoms with van der Waals surface area (Å²) in [5, 5.41) is 16.0. The summed E-state index contributed by atoms with van der Waals surface area (Å²) in [6, 6.07) is 8.16. The third-order valence-electron chi connectivity index (χ3n) is 5.41. The summed E-state index contributed by atoms with van der Waals surface area (Å²) < 4.78 is 0. The first-order valence-electron chi connectivity index (χ1n) is 9.69. The van der Waals surface area contributed by atoms with Crippen LogP contribution in [0.15, 0.2) is 24.3 Å². The highest BCUT2D eigenvalue weighted by Gasteiger charge is 2.17. The molecule has 1 aromatic rings. The van der Waals surface area contributed by atoms with Crippen LogP contribution in [0.4, 0.5) is 5.69 Å². The van der Waals surface area contributed by atoms with Crippen molar-refractivity contribution in [1.29, 1.82) is 0 Å². The zero-order valence-corrected chi connectivity index (χ0v) is 15.0. The maximum absolute atomic E-state index is 12.2. The number of hydrogen-bond acceptors (Lipinski definition) is 4. The first-order chi connectivity index (χ1) is 12.2. The molecule has 0 saturated carbocycles. The topological polar surface area (TPSA) is 64.6 Å². The molecule has 0 aliphatic carbocycles. The number of amides is 1. The second kappa shape index (κ2) is 9.32. The van der Waals surface area contributed by atoms with Crippen LogP contribution in [0.2, 0.25) is 0 Å². The van der Waals surface area contributed by atoms with Crippen molar-refractivity contribution in [3.8, 4) is 0 Å². The number of nitrogens with one attached hydrogen (secondary N) is 2. The Bertz CT molecular complexity index is 550. The number of piperidine rings is 2. The van der Waals surface area contributed by atoms with Crippen LogP contribution in [0, 0.1) is 5.92 Å². The average Bonchev–Trinajstić information content (AvgIpc) is 2.63. The van der Waals surface area contributed by atoms with Gasteiger partial charge in [-0.15, -0.1) is 0 Å². The van der Waals surface area contributed by atoms with E-state index in [0.717, 1.165) is 57.7 Å². The molecule has 0 atom stereocenters. The fraction of sp³-hybridized carbons (Fsp3) is 0.650. The zero-order chi connectivity index (χ0) is 17.5. The molecule has 0 unspecified atom stereocenters. The van der Waals surface area contributed by atoms with Gasteiger partial charge in [0.25, 0.3) is 0 Å². The Morgan fingerprint density at radius 3 is 2.72 bits per heavy atom. The molecule has 138 valence electrons. The van der Waals surface area contributed by atoms with E-state index >= 15 is 0 Å². The molecule has 1 aromatic carbocycles. The molecule has 2 saturated heterocycles. The van der Waals surface area contributed by atoms with Crippen molar-refractivity contribution in [3.05, 3.63) is 29.8 Å². The van der Waals surface area contributed by atoms with Gasteiger partial charge in [0.05, 0.1) is 6.10 Å².